The molecule has 2 aromatic rings. The van der Waals surface area contributed by atoms with Gasteiger partial charge in [0.05, 0.1) is 15.8 Å². The van der Waals surface area contributed by atoms with E-state index in [0.717, 1.165) is 19.9 Å². The first kappa shape index (κ1) is 9.05. The van der Waals surface area contributed by atoms with Gasteiger partial charge in [-0.25, -0.2) is 4.98 Å². The van der Waals surface area contributed by atoms with E-state index in [0.29, 0.717) is 5.88 Å². The van der Waals surface area contributed by atoms with Crippen molar-refractivity contribution in [2.75, 3.05) is 0 Å². The smallest absolute Gasteiger partial charge is 0.159 e. The number of rotatable bonds is 2. The molecule has 2 heterocycles. The van der Waals surface area contributed by atoms with Gasteiger partial charge in [-0.3, -0.25) is 0 Å². The van der Waals surface area contributed by atoms with Gasteiger partial charge >= 0.3 is 0 Å². The van der Waals surface area contributed by atoms with Gasteiger partial charge in [-0.05, 0) is 6.92 Å². The predicted octanol–water partition coefficient (Wildman–Crippen LogP) is 2.71. The highest BCUT2D eigenvalue weighted by atomic mass is 35.5. The van der Waals surface area contributed by atoms with Crippen LogP contribution in [0.3, 0.4) is 0 Å². The molecule has 0 saturated heterocycles. The molecule has 0 unspecified atom stereocenters. The third-order valence-electron chi connectivity index (χ3n) is 1.41. The molecule has 3 nitrogen and oxygen atoms in total. The second-order valence-corrected chi connectivity index (χ2v) is 4.94. The lowest BCUT2D eigenvalue weighted by Crippen LogP contribution is -1.73. The maximum absolute atomic E-state index is 5.63. The van der Waals surface area contributed by atoms with Gasteiger partial charge in [-0.15, -0.1) is 33.1 Å². The van der Waals surface area contributed by atoms with E-state index in [1.807, 2.05) is 13.1 Å². The van der Waals surface area contributed by atoms with Gasteiger partial charge in [-0.2, -0.15) is 0 Å². The molecule has 13 heavy (non-hydrogen) atoms. The van der Waals surface area contributed by atoms with Crippen LogP contribution in [0.4, 0.5) is 0 Å². The zero-order valence-electron chi connectivity index (χ0n) is 6.82. The van der Waals surface area contributed by atoms with Crippen molar-refractivity contribution < 1.29 is 0 Å². The molecule has 6 heteroatoms. The first-order valence-corrected chi connectivity index (χ1v) is 5.77. The number of alkyl halides is 1. The van der Waals surface area contributed by atoms with E-state index >= 15 is 0 Å². The molecule has 68 valence electrons. The van der Waals surface area contributed by atoms with Crippen LogP contribution in [0.15, 0.2) is 6.20 Å². The Balaban J connectivity index is 2.35. The van der Waals surface area contributed by atoms with Gasteiger partial charge in [0, 0.05) is 6.20 Å². The summed E-state index contributed by atoms with van der Waals surface area (Å²) in [5, 5.41) is 10.8. The van der Waals surface area contributed by atoms with Crippen molar-refractivity contribution in [1.29, 1.82) is 0 Å². The van der Waals surface area contributed by atoms with Crippen molar-refractivity contribution in [2.45, 2.75) is 12.8 Å². The Kier molecular flexibility index (Phi) is 2.57. The standard InChI is InChI=1S/C7H6ClN3S2/c1-4-9-3-5(12-4)7-11-10-6(2-8)13-7/h3H,2H2,1H3. The van der Waals surface area contributed by atoms with Crippen molar-refractivity contribution in [3.63, 3.8) is 0 Å². The van der Waals surface area contributed by atoms with Crippen LogP contribution in [0, 0.1) is 6.92 Å². The number of aryl methyl sites for hydroxylation is 1. The Labute approximate surface area is 88.4 Å². The molecule has 0 aliphatic heterocycles. The average molecular weight is 232 g/mol. The minimum atomic E-state index is 0.426. The van der Waals surface area contributed by atoms with Gasteiger partial charge < -0.3 is 0 Å². The topological polar surface area (TPSA) is 38.7 Å². The Hall–Kier alpha value is -0.520. The maximum atomic E-state index is 5.63. The van der Waals surface area contributed by atoms with Crippen molar-refractivity contribution >= 4 is 34.3 Å². The number of hydrogen-bond acceptors (Lipinski definition) is 5. The summed E-state index contributed by atoms with van der Waals surface area (Å²) in [6.45, 7) is 1.97. The zero-order valence-corrected chi connectivity index (χ0v) is 9.21. The first-order valence-electron chi connectivity index (χ1n) is 3.61. The molecule has 0 atom stereocenters. The Bertz CT molecular complexity index is 409. The summed E-state index contributed by atoms with van der Waals surface area (Å²) in [5.74, 6) is 0.426. The van der Waals surface area contributed by atoms with Crippen LogP contribution >= 0.6 is 34.3 Å². The van der Waals surface area contributed by atoms with Gasteiger partial charge in [-0.1, -0.05) is 11.3 Å². The van der Waals surface area contributed by atoms with Gasteiger partial charge in [0.2, 0.25) is 0 Å². The largest absolute Gasteiger partial charge is 0.249 e. The molecule has 0 aliphatic carbocycles. The molecule has 0 amide bonds. The molecule has 2 rings (SSSR count). The summed E-state index contributed by atoms with van der Waals surface area (Å²) in [6, 6.07) is 0. The second-order valence-electron chi connectivity index (χ2n) is 2.38. The molecule has 0 aliphatic rings. The molecule has 0 spiro atoms. The molecule has 0 bridgehead atoms. The van der Waals surface area contributed by atoms with E-state index in [4.69, 9.17) is 11.6 Å². The minimum absolute atomic E-state index is 0.426. The lowest BCUT2D eigenvalue weighted by molar-refractivity contribution is 1.04. The predicted molar refractivity (Wildman–Crippen MR) is 55.3 cm³/mol. The SMILES string of the molecule is Cc1ncc(-c2nnc(CCl)s2)s1. The maximum Gasteiger partial charge on any atom is 0.159 e. The lowest BCUT2D eigenvalue weighted by atomic mass is 10.6. The van der Waals surface area contributed by atoms with Crippen LogP contribution in [0.5, 0.6) is 0 Å². The fourth-order valence-corrected chi connectivity index (χ4v) is 2.59. The third kappa shape index (κ3) is 1.87. The van der Waals surface area contributed by atoms with Crippen LogP contribution in [-0.4, -0.2) is 15.2 Å². The lowest BCUT2D eigenvalue weighted by Gasteiger charge is -1.82. The van der Waals surface area contributed by atoms with E-state index < -0.39 is 0 Å². The van der Waals surface area contributed by atoms with Crippen LogP contribution in [0.2, 0.25) is 0 Å². The average Bonchev–Trinajstić information content (AvgIpc) is 2.71. The molecule has 0 saturated carbocycles. The van der Waals surface area contributed by atoms with E-state index in [-0.39, 0.29) is 0 Å². The summed E-state index contributed by atoms with van der Waals surface area (Å²) >= 11 is 8.76. The van der Waals surface area contributed by atoms with Crippen molar-refractivity contribution in [1.82, 2.24) is 15.2 Å². The summed E-state index contributed by atoms with van der Waals surface area (Å²) in [6.07, 6.45) is 1.82. The highest BCUT2D eigenvalue weighted by Gasteiger charge is 2.07. The Morgan fingerprint density at radius 1 is 1.38 bits per heavy atom. The summed E-state index contributed by atoms with van der Waals surface area (Å²) in [5.41, 5.74) is 0. The summed E-state index contributed by atoms with van der Waals surface area (Å²) in [4.78, 5) is 5.21. The number of thiazole rings is 1. The van der Waals surface area contributed by atoms with E-state index in [9.17, 15) is 0 Å². The fourth-order valence-electron chi connectivity index (χ4n) is 0.867. The van der Waals surface area contributed by atoms with E-state index in [1.54, 1.807) is 11.3 Å². The molecule has 0 aromatic carbocycles. The van der Waals surface area contributed by atoms with E-state index in [2.05, 4.69) is 15.2 Å². The van der Waals surface area contributed by atoms with E-state index in [1.165, 1.54) is 11.3 Å². The normalized spacial score (nSPS) is 10.6. The Morgan fingerprint density at radius 3 is 2.77 bits per heavy atom. The fraction of sp³-hybridized carbons (Fsp3) is 0.286. The van der Waals surface area contributed by atoms with Gasteiger partial charge in [0.25, 0.3) is 0 Å². The van der Waals surface area contributed by atoms with Crippen LogP contribution in [0.1, 0.15) is 10.0 Å². The van der Waals surface area contributed by atoms with Crippen molar-refractivity contribution in [3.8, 4) is 9.88 Å². The van der Waals surface area contributed by atoms with Crippen molar-refractivity contribution in [2.24, 2.45) is 0 Å². The molecular formula is C7H6ClN3S2. The number of halogens is 1. The van der Waals surface area contributed by atoms with Gasteiger partial charge in [0.1, 0.15) is 5.01 Å². The quantitative estimate of drug-likeness (QED) is 0.746. The molecule has 0 fully saturated rings. The molecule has 0 radical (unpaired) electrons. The number of nitrogens with zero attached hydrogens (tertiary/aromatic N) is 3. The van der Waals surface area contributed by atoms with Crippen molar-refractivity contribution in [3.05, 3.63) is 16.2 Å². The number of hydrogen-bond donors (Lipinski definition) is 0. The van der Waals surface area contributed by atoms with Crippen LogP contribution in [-0.2, 0) is 5.88 Å². The zero-order chi connectivity index (χ0) is 9.26. The molecule has 0 N–H and O–H groups in total. The minimum Gasteiger partial charge on any atom is -0.249 e. The monoisotopic (exact) mass is 231 g/mol. The van der Waals surface area contributed by atoms with Gasteiger partial charge in [0.15, 0.2) is 5.01 Å². The number of aromatic nitrogens is 3. The molecule has 2 aromatic heterocycles. The third-order valence-corrected chi connectivity index (χ3v) is 3.83. The Morgan fingerprint density at radius 2 is 2.23 bits per heavy atom. The highest BCUT2D eigenvalue weighted by molar-refractivity contribution is 7.21. The van der Waals surface area contributed by atoms with Crippen LogP contribution in [0.25, 0.3) is 9.88 Å². The molecular weight excluding hydrogens is 226 g/mol. The van der Waals surface area contributed by atoms with Crippen LogP contribution < -0.4 is 0 Å². The second kappa shape index (κ2) is 3.69. The summed E-state index contributed by atoms with van der Waals surface area (Å²) in [7, 11) is 0. The highest BCUT2D eigenvalue weighted by Crippen LogP contribution is 2.28. The first-order chi connectivity index (χ1) is 6.29. The summed E-state index contributed by atoms with van der Waals surface area (Å²) < 4.78 is 0.